The van der Waals surface area contributed by atoms with E-state index in [9.17, 15) is 9.67 Å². The van der Waals surface area contributed by atoms with Gasteiger partial charge in [0, 0.05) is 29.6 Å². The van der Waals surface area contributed by atoms with Gasteiger partial charge < -0.3 is 14.2 Å². The summed E-state index contributed by atoms with van der Waals surface area (Å²) in [6.07, 6.45) is 0. The molecule has 4 aromatic rings. The third-order valence-corrected chi connectivity index (χ3v) is 5.40. The summed E-state index contributed by atoms with van der Waals surface area (Å²) in [5.74, 6) is 0.0870. The monoisotopic (exact) mass is 401 g/mol. The Morgan fingerprint density at radius 3 is 2.29 bits per heavy atom. The second kappa shape index (κ2) is 9.13. The molecule has 4 nitrogen and oxygen atoms in total. The van der Waals surface area contributed by atoms with E-state index >= 15 is 0 Å². The van der Waals surface area contributed by atoms with Gasteiger partial charge in [-0.1, -0.05) is 54.6 Å². The van der Waals surface area contributed by atoms with Gasteiger partial charge >= 0.3 is 8.25 Å². The topological polar surface area (TPSA) is 55.8 Å². The summed E-state index contributed by atoms with van der Waals surface area (Å²) in [6, 6.07) is 23.7. The number of hydrogen-bond acceptors (Lipinski definition) is 4. The predicted molar refractivity (Wildman–Crippen MR) is 116 cm³/mol. The van der Waals surface area contributed by atoms with Gasteiger partial charge in [0.25, 0.3) is 0 Å². The van der Waals surface area contributed by atoms with Crippen molar-refractivity contribution in [3.8, 4) is 22.6 Å². The molecule has 4 aromatic carbocycles. The van der Waals surface area contributed by atoms with E-state index in [0.29, 0.717) is 6.61 Å². The molecule has 1 unspecified atom stereocenters. The third kappa shape index (κ3) is 4.12. The number of fused-ring (bicyclic) bond motifs is 3. The zero-order valence-electron chi connectivity index (χ0n) is 15.8. The molecule has 0 bridgehead atoms. The summed E-state index contributed by atoms with van der Waals surface area (Å²) in [4.78, 5) is 0. The normalized spacial score (nSPS) is 11.9. The van der Waals surface area contributed by atoms with E-state index in [2.05, 4.69) is 30.3 Å². The quantitative estimate of drug-likeness (QED) is 0.261. The molecule has 1 radical (unpaired) electrons. The van der Waals surface area contributed by atoms with Crippen LogP contribution in [0, 0.1) is 0 Å². The van der Waals surface area contributed by atoms with Crippen molar-refractivity contribution in [2.75, 3.05) is 6.61 Å². The fraction of sp³-hybridized carbons (Fsp3) is 0.0909. The molecule has 0 spiro atoms. The van der Waals surface area contributed by atoms with E-state index in [1.165, 1.54) is 5.39 Å². The Balaban J connectivity index is 0.00000225. The first kappa shape index (κ1) is 20.9. The second-order valence-corrected chi connectivity index (χ2v) is 7.15. The van der Waals surface area contributed by atoms with Crippen LogP contribution in [0.3, 0.4) is 0 Å². The number of rotatable bonds is 5. The Labute approximate surface area is 186 Å². The molecule has 0 saturated carbocycles. The first-order chi connectivity index (χ1) is 13.2. The summed E-state index contributed by atoms with van der Waals surface area (Å²) >= 11 is 0. The van der Waals surface area contributed by atoms with Crippen LogP contribution in [-0.2, 0) is 9.09 Å². The van der Waals surface area contributed by atoms with Crippen molar-refractivity contribution in [3.05, 3.63) is 72.8 Å². The van der Waals surface area contributed by atoms with Crippen LogP contribution in [0.5, 0.6) is 11.5 Å². The van der Waals surface area contributed by atoms with Gasteiger partial charge in [0.05, 0.1) is 6.61 Å². The number of hydrogen-bond donors (Lipinski definition) is 1. The zero-order chi connectivity index (χ0) is 18.8. The molecular formula is C22H19NaO4P. The smallest absolute Gasteiger partial charge is 0.367 e. The summed E-state index contributed by atoms with van der Waals surface area (Å²) in [5.41, 5.74) is 1.88. The first-order valence-corrected chi connectivity index (χ1v) is 9.98. The van der Waals surface area contributed by atoms with Crippen molar-refractivity contribution in [2.24, 2.45) is 0 Å². The fourth-order valence-corrected chi connectivity index (χ4v) is 3.95. The predicted octanol–water partition coefficient (Wildman–Crippen LogP) is 5.79. The summed E-state index contributed by atoms with van der Waals surface area (Å²) in [7, 11) is -2.66. The molecule has 137 valence electrons. The molecule has 0 fully saturated rings. The van der Waals surface area contributed by atoms with Gasteiger partial charge in [-0.25, -0.2) is 4.57 Å². The van der Waals surface area contributed by atoms with Crippen LogP contribution in [0.2, 0.25) is 0 Å². The average Bonchev–Trinajstić information content (AvgIpc) is 2.69. The molecule has 0 aliphatic heterocycles. The standard InChI is InChI=1S/C22H19O4P.Na/c1-2-25-27(24)26-22-12-11-16(14-21(22)23)20-13-15-7-3-4-8-17(15)18-9-5-6-10-19(18)20;/h3-14,23,27H,2H2,1H3;. The van der Waals surface area contributed by atoms with Crippen molar-refractivity contribution in [1.82, 2.24) is 0 Å². The molecule has 4 rings (SSSR count). The Hall–Kier alpha value is -1.81. The van der Waals surface area contributed by atoms with Crippen molar-refractivity contribution in [1.29, 1.82) is 0 Å². The molecule has 1 N–H and O–H groups in total. The molecule has 0 heterocycles. The Kier molecular flexibility index (Phi) is 6.82. The Morgan fingerprint density at radius 1 is 0.893 bits per heavy atom. The number of phenolic OH excluding ortho intramolecular Hbond substituents is 1. The minimum atomic E-state index is -2.66. The molecule has 0 aliphatic rings. The van der Waals surface area contributed by atoms with Crippen molar-refractivity contribution in [2.45, 2.75) is 6.92 Å². The van der Waals surface area contributed by atoms with Gasteiger partial charge in [0.1, 0.15) is 0 Å². The average molecular weight is 401 g/mol. The molecule has 0 amide bonds. The molecule has 0 aromatic heterocycles. The van der Waals surface area contributed by atoms with Crippen LogP contribution < -0.4 is 4.52 Å². The largest absolute Gasteiger partial charge is 0.504 e. The molecule has 0 saturated heterocycles. The van der Waals surface area contributed by atoms with Crippen LogP contribution in [0.25, 0.3) is 32.7 Å². The summed E-state index contributed by atoms with van der Waals surface area (Å²) < 4.78 is 21.8. The molecule has 0 aliphatic carbocycles. The van der Waals surface area contributed by atoms with Crippen molar-refractivity contribution < 1.29 is 18.7 Å². The SMILES string of the molecule is CCO[PH](=O)Oc1ccc(-c2cc3ccccc3c3ccccc23)cc1O.[Na]. The maximum atomic E-state index is 11.7. The van der Waals surface area contributed by atoms with Crippen LogP contribution in [0.4, 0.5) is 0 Å². The maximum absolute atomic E-state index is 11.7. The number of phenols is 1. The molecule has 28 heavy (non-hydrogen) atoms. The van der Waals surface area contributed by atoms with Gasteiger partial charge in [0.2, 0.25) is 0 Å². The van der Waals surface area contributed by atoms with E-state index in [0.717, 1.165) is 27.3 Å². The Bertz CT molecular complexity index is 1160. The maximum Gasteiger partial charge on any atom is 0.367 e. The van der Waals surface area contributed by atoms with E-state index in [4.69, 9.17) is 9.05 Å². The molecule has 1 atom stereocenters. The zero-order valence-corrected chi connectivity index (χ0v) is 18.8. The van der Waals surface area contributed by atoms with Gasteiger partial charge in [-0.3, -0.25) is 0 Å². The van der Waals surface area contributed by atoms with E-state index in [1.807, 2.05) is 30.3 Å². The summed E-state index contributed by atoms with van der Waals surface area (Å²) in [6.45, 7) is 2.03. The molecular weight excluding hydrogens is 382 g/mol. The molecule has 6 heteroatoms. The van der Waals surface area contributed by atoms with Crippen LogP contribution in [0.1, 0.15) is 6.92 Å². The number of benzene rings is 4. The third-order valence-electron chi connectivity index (χ3n) is 4.49. The fourth-order valence-electron chi connectivity index (χ4n) is 3.30. The minimum absolute atomic E-state index is 0. The number of aromatic hydroxyl groups is 1. The van der Waals surface area contributed by atoms with Crippen molar-refractivity contribution in [3.63, 3.8) is 0 Å². The van der Waals surface area contributed by atoms with Gasteiger partial charge in [-0.05, 0) is 57.8 Å². The second-order valence-electron chi connectivity index (χ2n) is 6.16. The first-order valence-electron chi connectivity index (χ1n) is 8.76. The van der Waals surface area contributed by atoms with Crippen LogP contribution in [0.15, 0.2) is 72.8 Å². The van der Waals surface area contributed by atoms with Gasteiger partial charge in [0.15, 0.2) is 11.5 Å². The Morgan fingerprint density at radius 2 is 1.57 bits per heavy atom. The van der Waals surface area contributed by atoms with Gasteiger partial charge in [-0.2, -0.15) is 0 Å². The summed E-state index contributed by atoms with van der Waals surface area (Å²) in [5, 5.41) is 14.9. The van der Waals surface area contributed by atoms with Crippen molar-refractivity contribution >= 4 is 59.4 Å². The minimum Gasteiger partial charge on any atom is -0.504 e. The van der Waals surface area contributed by atoms with E-state index < -0.39 is 8.25 Å². The van der Waals surface area contributed by atoms with Crippen LogP contribution >= 0.6 is 8.25 Å². The van der Waals surface area contributed by atoms with Crippen LogP contribution in [-0.4, -0.2) is 41.3 Å². The van der Waals surface area contributed by atoms with E-state index in [1.54, 1.807) is 19.1 Å². The van der Waals surface area contributed by atoms with Gasteiger partial charge in [-0.15, -0.1) is 0 Å². The van der Waals surface area contributed by atoms with E-state index in [-0.39, 0.29) is 41.1 Å².